The molecule has 0 aromatic heterocycles. The molecule has 2 fully saturated rings. The van der Waals surface area contributed by atoms with Crippen LogP contribution in [-0.2, 0) is 4.84 Å². The fourth-order valence-corrected chi connectivity index (χ4v) is 2.43. The molecule has 2 unspecified atom stereocenters. The molecule has 0 aliphatic carbocycles. The lowest BCUT2D eigenvalue weighted by Gasteiger charge is -2.29. The number of rotatable bonds is 3. The van der Waals surface area contributed by atoms with Gasteiger partial charge in [0.1, 0.15) is 0 Å². The largest absolute Gasteiger partial charge is 0.383 e. The molecule has 3 heteroatoms. The predicted molar refractivity (Wildman–Crippen MR) is 56.0 cm³/mol. The van der Waals surface area contributed by atoms with Crippen LogP contribution < -0.4 is 0 Å². The third kappa shape index (κ3) is 1.91. The topological polar surface area (TPSA) is 24.8 Å². The Bertz CT molecular complexity index is 265. The van der Waals surface area contributed by atoms with Gasteiger partial charge in [0.25, 0.3) is 0 Å². The van der Waals surface area contributed by atoms with Gasteiger partial charge in [0, 0.05) is 12.0 Å². The number of terminal acetylenes is 1. The number of hydrogen-bond donors (Lipinski definition) is 0. The highest BCUT2D eigenvalue weighted by molar-refractivity contribution is 5.66. The molecular weight excluding hydrogens is 176 g/mol. The van der Waals surface area contributed by atoms with E-state index in [1.54, 1.807) is 0 Å². The van der Waals surface area contributed by atoms with Crippen molar-refractivity contribution in [2.24, 2.45) is 10.6 Å². The summed E-state index contributed by atoms with van der Waals surface area (Å²) in [5.74, 6) is 2.40. The molecule has 2 bridgehead atoms. The Labute approximate surface area is 85.1 Å². The van der Waals surface area contributed by atoms with Crippen molar-refractivity contribution in [1.29, 1.82) is 0 Å². The minimum atomic E-state index is 0.274. The highest BCUT2D eigenvalue weighted by Crippen LogP contribution is 2.37. The second kappa shape index (κ2) is 4.02. The third-order valence-corrected chi connectivity index (χ3v) is 3.16. The van der Waals surface area contributed by atoms with Gasteiger partial charge in [-0.1, -0.05) is 11.1 Å². The lowest BCUT2D eigenvalue weighted by molar-refractivity contribution is 0.173. The van der Waals surface area contributed by atoms with E-state index in [0.29, 0.717) is 0 Å². The van der Waals surface area contributed by atoms with Crippen molar-refractivity contribution in [3.05, 3.63) is 0 Å². The summed E-state index contributed by atoms with van der Waals surface area (Å²) < 4.78 is 0. The summed E-state index contributed by atoms with van der Waals surface area (Å²) in [6.07, 6.45) is 10.8. The Morgan fingerprint density at radius 2 is 2.43 bits per heavy atom. The van der Waals surface area contributed by atoms with Crippen LogP contribution in [0.25, 0.3) is 0 Å². The molecular formula is C11H16N2O. The highest BCUT2D eigenvalue weighted by atomic mass is 16.6. The SMILES string of the molecule is C#CCO/N=C/C12CCCN(CC1)C2. The summed E-state index contributed by atoms with van der Waals surface area (Å²) in [5.41, 5.74) is 0.285. The van der Waals surface area contributed by atoms with Gasteiger partial charge in [-0.2, -0.15) is 0 Å². The van der Waals surface area contributed by atoms with Gasteiger partial charge in [-0.25, -0.2) is 0 Å². The summed E-state index contributed by atoms with van der Waals surface area (Å²) in [7, 11) is 0. The van der Waals surface area contributed by atoms with Crippen molar-refractivity contribution >= 4 is 6.21 Å². The van der Waals surface area contributed by atoms with Crippen LogP contribution in [0.2, 0.25) is 0 Å². The number of hydrogen-bond acceptors (Lipinski definition) is 3. The molecule has 14 heavy (non-hydrogen) atoms. The summed E-state index contributed by atoms with van der Waals surface area (Å²) in [5, 5.41) is 3.96. The van der Waals surface area contributed by atoms with Gasteiger partial charge in [0.05, 0.1) is 6.21 Å². The maximum atomic E-state index is 5.06. The molecule has 0 N–H and O–H groups in total. The number of nitrogens with zero attached hydrogens (tertiary/aromatic N) is 2. The average Bonchev–Trinajstić information content (AvgIpc) is 2.50. The van der Waals surface area contributed by atoms with E-state index in [1.807, 2.05) is 6.21 Å². The fourth-order valence-electron chi connectivity index (χ4n) is 2.43. The molecule has 0 amide bonds. The van der Waals surface area contributed by atoms with E-state index in [4.69, 9.17) is 11.3 Å². The molecule has 0 aromatic rings. The van der Waals surface area contributed by atoms with E-state index in [-0.39, 0.29) is 12.0 Å². The maximum Gasteiger partial charge on any atom is 0.177 e. The summed E-state index contributed by atoms with van der Waals surface area (Å²) in [6, 6.07) is 0. The van der Waals surface area contributed by atoms with Crippen molar-refractivity contribution in [1.82, 2.24) is 4.90 Å². The van der Waals surface area contributed by atoms with Gasteiger partial charge in [-0.15, -0.1) is 6.42 Å². The fraction of sp³-hybridized carbons (Fsp3) is 0.727. The van der Waals surface area contributed by atoms with Gasteiger partial charge < -0.3 is 9.74 Å². The smallest absolute Gasteiger partial charge is 0.177 e. The molecule has 2 heterocycles. The van der Waals surface area contributed by atoms with Crippen LogP contribution in [0, 0.1) is 17.8 Å². The van der Waals surface area contributed by atoms with Crippen LogP contribution in [0.4, 0.5) is 0 Å². The van der Waals surface area contributed by atoms with Crippen molar-refractivity contribution in [3.63, 3.8) is 0 Å². The van der Waals surface area contributed by atoms with Crippen LogP contribution in [0.5, 0.6) is 0 Å². The molecule has 0 saturated carbocycles. The lowest BCUT2D eigenvalue weighted by atomic mass is 9.82. The monoisotopic (exact) mass is 192 g/mol. The van der Waals surface area contributed by atoms with E-state index in [2.05, 4.69) is 16.0 Å². The minimum absolute atomic E-state index is 0.274. The molecule has 3 nitrogen and oxygen atoms in total. The van der Waals surface area contributed by atoms with E-state index in [9.17, 15) is 0 Å². The summed E-state index contributed by atoms with van der Waals surface area (Å²) in [6.45, 7) is 3.88. The Kier molecular flexibility index (Phi) is 2.74. The Morgan fingerprint density at radius 1 is 1.50 bits per heavy atom. The first-order valence-corrected chi connectivity index (χ1v) is 5.17. The van der Waals surface area contributed by atoms with E-state index < -0.39 is 0 Å². The molecule has 76 valence electrons. The van der Waals surface area contributed by atoms with Crippen LogP contribution in [0.15, 0.2) is 5.16 Å². The molecule has 2 rings (SSSR count). The zero-order valence-corrected chi connectivity index (χ0v) is 8.41. The zero-order valence-electron chi connectivity index (χ0n) is 8.41. The molecule has 2 saturated heterocycles. The quantitative estimate of drug-likeness (QED) is 0.289. The average molecular weight is 192 g/mol. The first-order chi connectivity index (χ1) is 6.85. The van der Waals surface area contributed by atoms with Crippen LogP contribution >= 0.6 is 0 Å². The molecule has 2 aliphatic heterocycles. The van der Waals surface area contributed by atoms with Crippen LogP contribution in [0.1, 0.15) is 19.3 Å². The third-order valence-electron chi connectivity index (χ3n) is 3.16. The predicted octanol–water partition coefficient (Wildman–Crippen LogP) is 1.11. The lowest BCUT2D eigenvalue weighted by Crippen LogP contribution is -2.34. The second-order valence-electron chi connectivity index (χ2n) is 4.20. The number of piperidine rings is 1. The Hall–Kier alpha value is -1.01. The second-order valence-corrected chi connectivity index (χ2v) is 4.20. The Balaban J connectivity index is 1.90. The van der Waals surface area contributed by atoms with E-state index in [0.717, 1.165) is 6.54 Å². The molecule has 0 radical (unpaired) electrons. The molecule has 2 aliphatic rings. The van der Waals surface area contributed by atoms with E-state index in [1.165, 1.54) is 32.4 Å². The summed E-state index contributed by atoms with van der Waals surface area (Å²) in [4.78, 5) is 7.44. The first kappa shape index (κ1) is 9.54. The molecule has 2 atom stereocenters. The minimum Gasteiger partial charge on any atom is -0.383 e. The van der Waals surface area contributed by atoms with Crippen molar-refractivity contribution in [2.45, 2.75) is 19.3 Å². The van der Waals surface area contributed by atoms with Gasteiger partial charge in [-0.3, -0.25) is 0 Å². The number of oxime groups is 1. The normalized spacial score (nSPS) is 35.8. The van der Waals surface area contributed by atoms with Gasteiger partial charge >= 0.3 is 0 Å². The first-order valence-electron chi connectivity index (χ1n) is 5.17. The zero-order chi connectivity index (χ0) is 9.86. The van der Waals surface area contributed by atoms with E-state index >= 15 is 0 Å². The summed E-state index contributed by atoms with van der Waals surface area (Å²) >= 11 is 0. The standard InChI is InChI=1S/C11H16N2O/c1-2-8-14-12-9-11-4-3-6-13(10-11)7-5-11/h1,9H,3-8,10H2/b12-9+. The van der Waals surface area contributed by atoms with Gasteiger partial charge in [0.2, 0.25) is 0 Å². The Morgan fingerprint density at radius 3 is 3.29 bits per heavy atom. The maximum absolute atomic E-state index is 5.06. The number of fused-ring (bicyclic) bond motifs is 2. The highest BCUT2D eigenvalue weighted by Gasteiger charge is 2.39. The molecule has 0 aromatic carbocycles. The van der Waals surface area contributed by atoms with Gasteiger partial charge in [-0.05, 0) is 32.4 Å². The van der Waals surface area contributed by atoms with Crippen molar-refractivity contribution in [3.8, 4) is 12.3 Å². The molecule has 0 spiro atoms. The van der Waals surface area contributed by atoms with Crippen LogP contribution in [0.3, 0.4) is 0 Å². The van der Waals surface area contributed by atoms with Crippen molar-refractivity contribution in [2.75, 3.05) is 26.2 Å². The van der Waals surface area contributed by atoms with Gasteiger partial charge in [0.15, 0.2) is 6.61 Å². The van der Waals surface area contributed by atoms with Crippen molar-refractivity contribution < 1.29 is 4.84 Å². The van der Waals surface area contributed by atoms with Crippen LogP contribution in [-0.4, -0.2) is 37.4 Å².